The Hall–Kier alpha value is -0.150. The molecule has 0 spiro atoms. The third-order valence-corrected chi connectivity index (χ3v) is 1.70. The number of hydrogen-bond acceptors (Lipinski definition) is 2. The summed E-state index contributed by atoms with van der Waals surface area (Å²) in [4.78, 5) is 0. The lowest BCUT2D eigenvalue weighted by Crippen LogP contribution is -1.87. The van der Waals surface area contributed by atoms with Crippen molar-refractivity contribution in [3.8, 4) is 5.75 Å². The summed E-state index contributed by atoms with van der Waals surface area (Å²) >= 11 is 7.25. The van der Waals surface area contributed by atoms with E-state index in [1.165, 1.54) is 0 Å². The van der Waals surface area contributed by atoms with Gasteiger partial charge >= 0.3 is 0 Å². The van der Waals surface area contributed by atoms with Crippen LogP contribution in [0.25, 0.3) is 0 Å². The van der Waals surface area contributed by atoms with Gasteiger partial charge in [0, 0.05) is 4.47 Å². The SMILES string of the molecule is SCOc1ccc(Br)cc1. The molecule has 54 valence electrons. The van der Waals surface area contributed by atoms with Gasteiger partial charge in [0.2, 0.25) is 0 Å². The Morgan fingerprint density at radius 3 is 2.40 bits per heavy atom. The number of hydrogen-bond donors (Lipinski definition) is 1. The molecule has 3 heteroatoms. The van der Waals surface area contributed by atoms with E-state index in [0.29, 0.717) is 5.94 Å². The maximum absolute atomic E-state index is 5.10. The zero-order valence-corrected chi connectivity index (χ0v) is 7.73. The first-order valence-corrected chi connectivity index (χ1v) is 4.24. The quantitative estimate of drug-likeness (QED) is 0.594. The van der Waals surface area contributed by atoms with E-state index in [2.05, 4.69) is 28.6 Å². The number of ether oxygens (including phenoxy) is 1. The zero-order valence-electron chi connectivity index (χ0n) is 5.25. The van der Waals surface area contributed by atoms with E-state index in [9.17, 15) is 0 Å². The van der Waals surface area contributed by atoms with Gasteiger partial charge in [-0.05, 0) is 24.3 Å². The summed E-state index contributed by atoms with van der Waals surface area (Å²) in [5.41, 5.74) is 0. The molecule has 0 amide bonds. The van der Waals surface area contributed by atoms with Crippen LogP contribution >= 0.6 is 28.6 Å². The number of benzene rings is 1. The Morgan fingerprint density at radius 2 is 1.90 bits per heavy atom. The standard InChI is InChI=1S/C7H7BrOS/c8-6-1-3-7(4-2-6)9-5-10/h1-4,10H,5H2. The summed E-state index contributed by atoms with van der Waals surface area (Å²) in [7, 11) is 0. The van der Waals surface area contributed by atoms with Crippen molar-refractivity contribution >= 4 is 28.6 Å². The Labute approximate surface area is 73.9 Å². The van der Waals surface area contributed by atoms with Crippen LogP contribution in [0.2, 0.25) is 0 Å². The minimum Gasteiger partial charge on any atom is -0.483 e. The third kappa shape index (κ3) is 2.23. The van der Waals surface area contributed by atoms with Crippen molar-refractivity contribution in [1.29, 1.82) is 0 Å². The summed E-state index contributed by atoms with van der Waals surface area (Å²) in [5, 5.41) is 0. The molecular formula is C7H7BrOS. The molecule has 0 aliphatic carbocycles. The minimum atomic E-state index is 0.418. The number of thiol groups is 1. The van der Waals surface area contributed by atoms with Gasteiger partial charge in [-0.15, -0.1) is 12.6 Å². The molecular weight excluding hydrogens is 212 g/mol. The van der Waals surface area contributed by atoms with Crippen molar-refractivity contribution in [2.45, 2.75) is 0 Å². The van der Waals surface area contributed by atoms with Crippen molar-refractivity contribution in [2.24, 2.45) is 0 Å². The molecule has 0 bridgehead atoms. The fraction of sp³-hybridized carbons (Fsp3) is 0.143. The van der Waals surface area contributed by atoms with Crippen LogP contribution in [-0.4, -0.2) is 5.94 Å². The van der Waals surface area contributed by atoms with Gasteiger partial charge in [0.05, 0.1) is 0 Å². The highest BCUT2D eigenvalue weighted by Crippen LogP contribution is 2.15. The molecule has 1 nitrogen and oxygen atoms in total. The first kappa shape index (κ1) is 7.95. The average molecular weight is 219 g/mol. The Kier molecular flexibility index (Phi) is 3.09. The molecule has 10 heavy (non-hydrogen) atoms. The van der Waals surface area contributed by atoms with Crippen LogP contribution in [0.4, 0.5) is 0 Å². The lowest BCUT2D eigenvalue weighted by molar-refractivity contribution is 0.394. The van der Waals surface area contributed by atoms with E-state index in [4.69, 9.17) is 4.74 Å². The topological polar surface area (TPSA) is 9.23 Å². The van der Waals surface area contributed by atoms with Crippen molar-refractivity contribution in [2.75, 3.05) is 5.94 Å². The van der Waals surface area contributed by atoms with Gasteiger partial charge in [0.1, 0.15) is 11.7 Å². The second kappa shape index (κ2) is 3.88. The molecule has 0 heterocycles. The van der Waals surface area contributed by atoms with E-state index in [-0.39, 0.29) is 0 Å². The fourth-order valence-electron chi connectivity index (χ4n) is 0.605. The van der Waals surface area contributed by atoms with E-state index in [1.807, 2.05) is 24.3 Å². The van der Waals surface area contributed by atoms with E-state index >= 15 is 0 Å². The normalized spacial score (nSPS) is 9.40. The predicted molar refractivity (Wildman–Crippen MR) is 48.6 cm³/mol. The molecule has 1 aromatic rings. The van der Waals surface area contributed by atoms with Gasteiger partial charge in [0.15, 0.2) is 0 Å². The third-order valence-electron chi connectivity index (χ3n) is 1.04. The second-order valence-corrected chi connectivity index (χ2v) is 2.90. The molecule has 0 aliphatic rings. The molecule has 0 saturated carbocycles. The van der Waals surface area contributed by atoms with Crippen LogP contribution in [0.15, 0.2) is 28.7 Å². The summed E-state index contributed by atoms with van der Waals surface area (Å²) in [6.45, 7) is 0. The van der Waals surface area contributed by atoms with Crippen LogP contribution in [0.1, 0.15) is 0 Å². The number of rotatable bonds is 2. The Bertz CT molecular complexity index is 197. The van der Waals surface area contributed by atoms with Gasteiger partial charge in [-0.25, -0.2) is 0 Å². The molecule has 0 N–H and O–H groups in total. The molecule has 1 aromatic carbocycles. The predicted octanol–water partition coefficient (Wildman–Crippen LogP) is 2.72. The summed E-state index contributed by atoms with van der Waals surface area (Å²) < 4.78 is 6.16. The van der Waals surface area contributed by atoms with Crippen molar-refractivity contribution < 1.29 is 4.74 Å². The molecule has 0 fully saturated rings. The van der Waals surface area contributed by atoms with Crippen molar-refractivity contribution in [3.05, 3.63) is 28.7 Å². The minimum absolute atomic E-state index is 0.418. The number of halogens is 1. The highest BCUT2D eigenvalue weighted by Gasteiger charge is 1.89. The molecule has 0 aromatic heterocycles. The lowest BCUT2D eigenvalue weighted by Gasteiger charge is -2.00. The first-order valence-electron chi connectivity index (χ1n) is 2.82. The van der Waals surface area contributed by atoms with Crippen LogP contribution in [-0.2, 0) is 0 Å². The van der Waals surface area contributed by atoms with Gasteiger partial charge < -0.3 is 4.74 Å². The maximum atomic E-state index is 5.10. The highest BCUT2D eigenvalue weighted by atomic mass is 79.9. The van der Waals surface area contributed by atoms with Gasteiger partial charge in [-0.3, -0.25) is 0 Å². The fourth-order valence-corrected chi connectivity index (χ4v) is 1.02. The maximum Gasteiger partial charge on any atom is 0.131 e. The van der Waals surface area contributed by atoms with E-state index < -0.39 is 0 Å². The van der Waals surface area contributed by atoms with Crippen LogP contribution in [0.3, 0.4) is 0 Å². The van der Waals surface area contributed by atoms with Crippen molar-refractivity contribution in [3.63, 3.8) is 0 Å². The molecule has 0 radical (unpaired) electrons. The monoisotopic (exact) mass is 218 g/mol. The largest absolute Gasteiger partial charge is 0.483 e. The summed E-state index contributed by atoms with van der Waals surface area (Å²) in [6, 6.07) is 7.64. The van der Waals surface area contributed by atoms with Gasteiger partial charge in [0.25, 0.3) is 0 Å². The zero-order chi connectivity index (χ0) is 7.40. The van der Waals surface area contributed by atoms with Crippen molar-refractivity contribution in [1.82, 2.24) is 0 Å². The summed E-state index contributed by atoms with van der Waals surface area (Å²) in [5.74, 6) is 1.26. The van der Waals surface area contributed by atoms with Crippen LogP contribution < -0.4 is 4.74 Å². The lowest BCUT2D eigenvalue weighted by atomic mass is 10.3. The molecule has 0 atom stereocenters. The molecule has 0 saturated heterocycles. The smallest absolute Gasteiger partial charge is 0.131 e. The van der Waals surface area contributed by atoms with Crippen LogP contribution in [0.5, 0.6) is 5.75 Å². The molecule has 0 aliphatic heterocycles. The molecule has 1 rings (SSSR count). The van der Waals surface area contributed by atoms with E-state index in [0.717, 1.165) is 10.2 Å². The Balaban J connectivity index is 2.69. The molecule has 0 unspecified atom stereocenters. The second-order valence-electron chi connectivity index (χ2n) is 1.73. The Morgan fingerprint density at radius 1 is 1.30 bits per heavy atom. The summed E-state index contributed by atoms with van der Waals surface area (Å²) in [6.07, 6.45) is 0. The average Bonchev–Trinajstić information content (AvgIpc) is 1.95. The van der Waals surface area contributed by atoms with Crippen LogP contribution in [0, 0.1) is 0 Å². The van der Waals surface area contributed by atoms with Gasteiger partial charge in [-0.2, -0.15) is 0 Å². The van der Waals surface area contributed by atoms with Gasteiger partial charge in [-0.1, -0.05) is 15.9 Å². The van der Waals surface area contributed by atoms with E-state index in [1.54, 1.807) is 0 Å². The highest BCUT2D eigenvalue weighted by molar-refractivity contribution is 9.10. The first-order chi connectivity index (χ1) is 4.83.